The number of nitrogens with zero attached hydrogens (tertiary/aromatic N) is 2. The van der Waals surface area contributed by atoms with E-state index in [1.165, 1.54) is 0 Å². The van der Waals surface area contributed by atoms with E-state index >= 15 is 0 Å². The van der Waals surface area contributed by atoms with Gasteiger partial charge in [-0.2, -0.15) is 5.26 Å². The first-order chi connectivity index (χ1) is 16.2. The summed E-state index contributed by atoms with van der Waals surface area (Å²) in [6.07, 6.45) is 0.974. The predicted octanol–water partition coefficient (Wildman–Crippen LogP) is 4.75. The lowest BCUT2D eigenvalue weighted by Gasteiger charge is -2.43. The van der Waals surface area contributed by atoms with Crippen LogP contribution in [0, 0.1) is 16.7 Å². The third kappa shape index (κ3) is 3.90. The molecule has 0 bridgehead atoms. The number of anilines is 1. The Balaban J connectivity index is 1.97. The van der Waals surface area contributed by atoms with Crippen molar-refractivity contribution < 1.29 is 23.8 Å². The van der Waals surface area contributed by atoms with E-state index in [4.69, 9.17) is 14.2 Å². The molecule has 7 heteroatoms. The molecule has 0 aromatic heterocycles. The summed E-state index contributed by atoms with van der Waals surface area (Å²) in [7, 11) is 4.63. The predicted molar refractivity (Wildman–Crippen MR) is 127 cm³/mol. The van der Waals surface area contributed by atoms with Crippen molar-refractivity contribution in [2.24, 2.45) is 5.41 Å². The molecule has 2 aromatic rings. The van der Waals surface area contributed by atoms with E-state index in [1.54, 1.807) is 62.6 Å². The van der Waals surface area contributed by atoms with Crippen LogP contribution in [0.5, 0.6) is 17.2 Å². The standard InChI is InChI=1S/C27H28N2O5/c1-27(2)13-20-26(21(30)14-27)18(17-10-23(33-4)24(34-5)12-22(17)32-3)11-25(31)29(20)19-9-7-6-8-16(19)15-28/h6-10,12,18H,11,13-14H2,1-5H3. The Morgan fingerprint density at radius 3 is 2.26 bits per heavy atom. The highest BCUT2D eigenvalue weighted by atomic mass is 16.5. The molecule has 0 saturated heterocycles. The maximum absolute atomic E-state index is 13.7. The van der Waals surface area contributed by atoms with Crippen LogP contribution in [-0.2, 0) is 9.59 Å². The average Bonchev–Trinajstić information content (AvgIpc) is 2.81. The number of amides is 1. The second-order valence-corrected chi connectivity index (χ2v) is 9.37. The van der Waals surface area contributed by atoms with Gasteiger partial charge in [0.25, 0.3) is 0 Å². The number of hydrogen-bond acceptors (Lipinski definition) is 6. The quantitative estimate of drug-likeness (QED) is 0.640. The lowest BCUT2D eigenvalue weighted by atomic mass is 9.69. The SMILES string of the molecule is COc1cc(OC)c(C2CC(=O)N(c3ccccc3C#N)C3=C2C(=O)CC(C)(C)C3)cc1OC. The fourth-order valence-corrected chi connectivity index (χ4v) is 5.05. The summed E-state index contributed by atoms with van der Waals surface area (Å²) in [4.78, 5) is 28.8. The summed E-state index contributed by atoms with van der Waals surface area (Å²) >= 11 is 0. The van der Waals surface area contributed by atoms with Gasteiger partial charge in [-0.15, -0.1) is 0 Å². The van der Waals surface area contributed by atoms with Gasteiger partial charge in [-0.1, -0.05) is 26.0 Å². The monoisotopic (exact) mass is 460 g/mol. The number of carbonyl (C=O) groups is 2. The zero-order chi connectivity index (χ0) is 24.6. The third-order valence-electron chi connectivity index (χ3n) is 6.52. The molecule has 0 fully saturated rings. The average molecular weight is 461 g/mol. The number of methoxy groups -OCH3 is 3. The molecule has 1 heterocycles. The van der Waals surface area contributed by atoms with E-state index in [0.717, 1.165) is 0 Å². The van der Waals surface area contributed by atoms with Crippen molar-refractivity contribution in [1.82, 2.24) is 0 Å². The first-order valence-electron chi connectivity index (χ1n) is 11.1. The number of rotatable bonds is 5. The van der Waals surface area contributed by atoms with Gasteiger partial charge in [0.05, 0.1) is 32.6 Å². The van der Waals surface area contributed by atoms with Crippen LogP contribution in [0.1, 0.15) is 50.2 Å². The molecule has 1 amide bonds. The molecular formula is C27H28N2O5. The van der Waals surface area contributed by atoms with Crippen molar-refractivity contribution in [3.05, 3.63) is 58.8 Å². The van der Waals surface area contributed by atoms with E-state index in [2.05, 4.69) is 6.07 Å². The molecule has 1 aliphatic carbocycles. The van der Waals surface area contributed by atoms with Gasteiger partial charge in [-0.05, 0) is 30.0 Å². The van der Waals surface area contributed by atoms with Gasteiger partial charge in [-0.3, -0.25) is 14.5 Å². The summed E-state index contributed by atoms with van der Waals surface area (Å²) in [5.41, 5.74) is 2.52. The number of benzene rings is 2. The van der Waals surface area contributed by atoms with E-state index in [0.29, 0.717) is 58.2 Å². The fourth-order valence-electron chi connectivity index (χ4n) is 5.05. The number of allylic oxidation sites excluding steroid dienone is 2. The molecule has 1 atom stereocenters. The van der Waals surface area contributed by atoms with Gasteiger partial charge in [0.15, 0.2) is 17.3 Å². The molecule has 176 valence electrons. The Kier molecular flexibility index (Phi) is 6.09. The molecule has 2 aromatic carbocycles. The Hall–Kier alpha value is -3.79. The highest BCUT2D eigenvalue weighted by Crippen LogP contribution is 2.51. The van der Waals surface area contributed by atoms with Crippen LogP contribution < -0.4 is 19.1 Å². The zero-order valence-electron chi connectivity index (χ0n) is 20.1. The third-order valence-corrected chi connectivity index (χ3v) is 6.52. The van der Waals surface area contributed by atoms with Crippen molar-refractivity contribution >= 4 is 17.4 Å². The second kappa shape index (κ2) is 8.86. The van der Waals surface area contributed by atoms with Gasteiger partial charge in [-0.25, -0.2) is 0 Å². The number of ketones is 1. The minimum absolute atomic E-state index is 0.0000247. The fraction of sp³-hybridized carbons (Fsp3) is 0.370. The summed E-state index contributed by atoms with van der Waals surface area (Å²) in [5.74, 6) is 0.847. The molecule has 7 nitrogen and oxygen atoms in total. The molecule has 34 heavy (non-hydrogen) atoms. The molecule has 2 aliphatic rings. The highest BCUT2D eigenvalue weighted by molar-refractivity contribution is 6.08. The molecule has 0 spiro atoms. The van der Waals surface area contributed by atoms with Crippen molar-refractivity contribution in [2.75, 3.05) is 26.2 Å². The number of Topliss-reactive ketones (excluding diaryl/α,β-unsaturated/α-hetero) is 1. The molecule has 0 N–H and O–H groups in total. The first kappa shape index (κ1) is 23.4. The lowest BCUT2D eigenvalue weighted by molar-refractivity contribution is -0.121. The van der Waals surface area contributed by atoms with Crippen LogP contribution >= 0.6 is 0 Å². The molecule has 4 rings (SSSR count). The van der Waals surface area contributed by atoms with Crippen LogP contribution in [0.15, 0.2) is 47.7 Å². The minimum Gasteiger partial charge on any atom is -0.496 e. The molecular weight excluding hydrogens is 432 g/mol. The van der Waals surface area contributed by atoms with E-state index in [1.807, 2.05) is 13.8 Å². The normalized spacial score (nSPS) is 19.4. The number of nitriles is 1. The Morgan fingerprint density at radius 2 is 1.62 bits per heavy atom. The van der Waals surface area contributed by atoms with Crippen LogP contribution in [0.2, 0.25) is 0 Å². The van der Waals surface area contributed by atoms with Crippen LogP contribution in [-0.4, -0.2) is 33.0 Å². The maximum atomic E-state index is 13.7. The molecule has 1 aliphatic heterocycles. The number of carbonyl (C=O) groups excluding carboxylic acids is 2. The summed E-state index contributed by atoms with van der Waals surface area (Å²) in [6, 6.07) is 12.7. The van der Waals surface area contributed by atoms with Crippen molar-refractivity contribution in [1.29, 1.82) is 5.26 Å². The van der Waals surface area contributed by atoms with Crippen LogP contribution in [0.4, 0.5) is 5.69 Å². The summed E-state index contributed by atoms with van der Waals surface area (Å²) in [5, 5.41) is 9.68. The number of ether oxygens (including phenoxy) is 3. The second-order valence-electron chi connectivity index (χ2n) is 9.37. The number of para-hydroxylation sites is 1. The Bertz CT molecular complexity index is 1240. The van der Waals surface area contributed by atoms with Gasteiger partial charge in [0.1, 0.15) is 11.8 Å². The lowest BCUT2D eigenvalue weighted by Crippen LogP contribution is -2.44. The van der Waals surface area contributed by atoms with Crippen LogP contribution in [0.3, 0.4) is 0 Å². The largest absolute Gasteiger partial charge is 0.496 e. The van der Waals surface area contributed by atoms with Crippen molar-refractivity contribution in [3.8, 4) is 23.3 Å². The Labute approximate surface area is 199 Å². The summed E-state index contributed by atoms with van der Waals surface area (Å²) < 4.78 is 16.5. The van der Waals surface area contributed by atoms with Gasteiger partial charge < -0.3 is 14.2 Å². The first-order valence-corrected chi connectivity index (χ1v) is 11.1. The zero-order valence-corrected chi connectivity index (χ0v) is 20.1. The maximum Gasteiger partial charge on any atom is 0.232 e. The summed E-state index contributed by atoms with van der Waals surface area (Å²) in [6.45, 7) is 4.04. The topological polar surface area (TPSA) is 88.9 Å². The van der Waals surface area contributed by atoms with Gasteiger partial charge in [0, 0.05) is 41.7 Å². The van der Waals surface area contributed by atoms with Gasteiger partial charge in [0.2, 0.25) is 5.91 Å². The van der Waals surface area contributed by atoms with Crippen molar-refractivity contribution in [3.63, 3.8) is 0 Å². The van der Waals surface area contributed by atoms with E-state index in [-0.39, 0.29) is 23.5 Å². The van der Waals surface area contributed by atoms with Crippen molar-refractivity contribution in [2.45, 2.75) is 39.0 Å². The number of hydrogen-bond donors (Lipinski definition) is 0. The Morgan fingerprint density at radius 1 is 0.971 bits per heavy atom. The smallest absolute Gasteiger partial charge is 0.232 e. The molecule has 1 unspecified atom stereocenters. The minimum atomic E-state index is -0.494. The van der Waals surface area contributed by atoms with Crippen LogP contribution in [0.25, 0.3) is 0 Å². The highest BCUT2D eigenvalue weighted by Gasteiger charge is 2.45. The molecule has 0 radical (unpaired) electrons. The molecule has 0 saturated carbocycles. The van der Waals surface area contributed by atoms with Gasteiger partial charge >= 0.3 is 0 Å². The van der Waals surface area contributed by atoms with E-state index in [9.17, 15) is 14.9 Å². The van der Waals surface area contributed by atoms with E-state index < -0.39 is 5.92 Å².